The number of aromatic nitrogens is 3. The number of rotatable bonds is 8. The fraction of sp³-hybridized carbons (Fsp3) is 0.471. The molecule has 1 heterocycles. The third-order valence-electron chi connectivity index (χ3n) is 3.45. The van der Waals surface area contributed by atoms with E-state index in [2.05, 4.69) is 15.3 Å². The van der Waals surface area contributed by atoms with E-state index in [4.69, 9.17) is 26.4 Å². The predicted octanol–water partition coefficient (Wildman–Crippen LogP) is 3.75. The third-order valence-corrected chi connectivity index (χ3v) is 3.71. The fourth-order valence-corrected chi connectivity index (χ4v) is 2.42. The third kappa shape index (κ3) is 4.39. The van der Waals surface area contributed by atoms with E-state index in [0.29, 0.717) is 28.6 Å². The molecule has 2 aromatic rings. The second kappa shape index (κ2) is 8.66. The molecule has 0 saturated carbocycles. The van der Waals surface area contributed by atoms with Crippen LogP contribution in [0.5, 0.6) is 17.2 Å². The number of nitrogens with zero attached hydrogens (tertiary/aromatic N) is 3. The zero-order valence-corrected chi connectivity index (χ0v) is 16.0. The molecule has 0 aliphatic carbocycles. The highest BCUT2D eigenvalue weighted by molar-refractivity contribution is 7.71. The zero-order chi connectivity index (χ0) is 18.4. The molecule has 25 heavy (non-hydrogen) atoms. The van der Waals surface area contributed by atoms with Crippen molar-refractivity contribution >= 4 is 18.4 Å². The first-order valence-corrected chi connectivity index (χ1v) is 8.53. The molecule has 1 aromatic carbocycles. The van der Waals surface area contributed by atoms with Crippen LogP contribution in [0.1, 0.15) is 44.5 Å². The molecule has 0 spiro atoms. The van der Waals surface area contributed by atoms with E-state index in [1.54, 1.807) is 25.1 Å². The lowest BCUT2D eigenvalue weighted by Gasteiger charge is -2.14. The molecule has 0 fully saturated rings. The molecule has 0 radical (unpaired) electrons. The average molecular weight is 364 g/mol. The minimum atomic E-state index is 0.194. The summed E-state index contributed by atoms with van der Waals surface area (Å²) in [6, 6.07) is 3.69. The number of nitrogens with one attached hydrogen (secondary N) is 1. The van der Waals surface area contributed by atoms with Crippen LogP contribution < -0.4 is 14.2 Å². The molecule has 136 valence electrons. The number of hydrogen-bond donors (Lipinski definition) is 1. The summed E-state index contributed by atoms with van der Waals surface area (Å²) in [5, 5.41) is 11.4. The first-order valence-electron chi connectivity index (χ1n) is 8.12. The van der Waals surface area contributed by atoms with Gasteiger partial charge < -0.3 is 14.2 Å². The van der Waals surface area contributed by atoms with Gasteiger partial charge in [0, 0.05) is 11.5 Å². The van der Waals surface area contributed by atoms with Crippen LogP contribution in [-0.4, -0.2) is 41.9 Å². The highest BCUT2D eigenvalue weighted by Gasteiger charge is 2.14. The number of H-pyrrole nitrogens is 1. The molecular weight excluding hydrogens is 340 g/mol. The van der Waals surface area contributed by atoms with Crippen LogP contribution in [0.25, 0.3) is 0 Å². The molecule has 7 nitrogen and oxygen atoms in total. The van der Waals surface area contributed by atoms with E-state index < -0.39 is 0 Å². The molecule has 0 aliphatic heterocycles. The van der Waals surface area contributed by atoms with E-state index in [1.807, 2.05) is 32.9 Å². The van der Waals surface area contributed by atoms with E-state index in [1.165, 1.54) is 0 Å². The maximum Gasteiger partial charge on any atom is 0.216 e. The molecular formula is C17H24N4O3S. The highest BCUT2D eigenvalue weighted by Crippen LogP contribution is 2.38. The lowest BCUT2D eigenvalue weighted by molar-refractivity contribution is 0.275. The van der Waals surface area contributed by atoms with Gasteiger partial charge in [-0.1, -0.05) is 20.8 Å². The van der Waals surface area contributed by atoms with E-state index in [9.17, 15) is 0 Å². The Labute approximate surface area is 152 Å². The average Bonchev–Trinajstić information content (AvgIpc) is 2.98. The second-order valence-electron chi connectivity index (χ2n) is 5.70. The Balaban J connectivity index is 2.40. The molecule has 2 rings (SSSR count). The maximum atomic E-state index is 5.74. The van der Waals surface area contributed by atoms with Crippen molar-refractivity contribution in [2.24, 2.45) is 5.10 Å². The molecule has 0 atom stereocenters. The van der Waals surface area contributed by atoms with Crippen LogP contribution >= 0.6 is 12.2 Å². The number of methoxy groups -OCH3 is 2. The maximum absolute atomic E-state index is 5.74. The van der Waals surface area contributed by atoms with E-state index in [0.717, 1.165) is 17.8 Å². The van der Waals surface area contributed by atoms with Crippen molar-refractivity contribution in [3.63, 3.8) is 0 Å². The monoisotopic (exact) mass is 364 g/mol. The summed E-state index contributed by atoms with van der Waals surface area (Å²) in [7, 11) is 3.19. The van der Waals surface area contributed by atoms with Gasteiger partial charge in [0.15, 0.2) is 17.3 Å². The molecule has 0 aliphatic rings. The largest absolute Gasteiger partial charge is 0.493 e. The van der Waals surface area contributed by atoms with Crippen molar-refractivity contribution in [1.82, 2.24) is 14.9 Å². The molecule has 0 amide bonds. The smallest absolute Gasteiger partial charge is 0.216 e. The van der Waals surface area contributed by atoms with Gasteiger partial charge in [0.25, 0.3) is 0 Å². The van der Waals surface area contributed by atoms with Crippen LogP contribution in [0.2, 0.25) is 0 Å². The first-order chi connectivity index (χ1) is 12.0. The number of benzene rings is 1. The minimum absolute atomic E-state index is 0.194. The Bertz CT molecular complexity index is 770. The highest BCUT2D eigenvalue weighted by atomic mass is 32.1. The van der Waals surface area contributed by atoms with Gasteiger partial charge >= 0.3 is 0 Å². The number of ether oxygens (including phenoxy) is 3. The quantitative estimate of drug-likeness (QED) is 0.570. The molecule has 1 N–H and O–H groups in total. The van der Waals surface area contributed by atoms with Crippen LogP contribution in [0.15, 0.2) is 17.2 Å². The van der Waals surface area contributed by atoms with Gasteiger partial charge in [0.05, 0.1) is 27.0 Å². The first kappa shape index (κ1) is 19.0. The summed E-state index contributed by atoms with van der Waals surface area (Å²) in [5.74, 6) is 2.73. The number of aromatic amines is 1. The van der Waals surface area contributed by atoms with Crippen molar-refractivity contribution in [3.8, 4) is 17.2 Å². The van der Waals surface area contributed by atoms with Crippen molar-refractivity contribution in [2.75, 3.05) is 20.8 Å². The molecule has 0 unspecified atom stereocenters. The van der Waals surface area contributed by atoms with Crippen LogP contribution in [0, 0.1) is 4.77 Å². The fourth-order valence-electron chi connectivity index (χ4n) is 2.23. The lowest BCUT2D eigenvalue weighted by Crippen LogP contribution is -2.03. The van der Waals surface area contributed by atoms with E-state index >= 15 is 0 Å². The Morgan fingerprint density at radius 3 is 2.44 bits per heavy atom. The molecule has 0 bridgehead atoms. The Kier molecular flexibility index (Phi) is 6.58. The lowest BCUT2D eigenvalue weighted by atomic mass is 10.2. The normalized spacial score (nSPS) is 11.3. The van der Waals surface area contributed by atoms with Gasteiger partial charge in [0.1, 0.15) is 0 Å². The molecule has 1 aromatic heterocycles. The molecule has 0 saturated heterocycles. The summed E-state index contributed by atoms with van der Waals surface area (Å²) in [6.45, 7) is 6.69. The van der Waals surface area contributed by atoms with Gasteiger partial charge in [0.2, 0.25) is 10.5 Å². The van der Waals surface area contributed by atoms with Gasteiger partial charge in [-0.3, -0.25) is 5.10 Å². The number of hydrogen-bond acceptors (Lipinski definition) is 6. The Morgan fingerprint density at radius 2 is 1.92 bits per heavy atom. The summed E-state index contributed by atoms with van der Waals surface area (Å²) in [4.78, 5) is 0. The standard InChI is InChI=1S/C17H24N4O3S/c1-6-7-24-15-13(22-4)8-12(9-14(15)23-5)10-18-21-16(11(2)3)19-20-17(21)25/h8-11H,6-7H2,1-5H3,(H,20,25)/b18-10-. The van der Waals surface area contributed by atoms with Crippen molar-refractivity contribution in [3.05, 3.63) is 28.3 Å². The second-order valence-corrected chi connectivity index (χ2v) is 6.09. The van der Waals surface area contributed by atoms with Crippen molar-refractivity contribution in [1.29, 1.82) is 0 Å². The van der Waals surface area contributed by atoms with Crippen LogP contribution in [-0.2, 0) is 0 Å². The Hall–Kier alpha value is -2.35. The van der Waals surface area contributed by atoms with Crippen LogP contribution in [0.3, 0.4) is 0 Å². The topological polar surface area (TPSA) is 73.7 Å². The SMILES string of the molecule is CCCOc1c(OC)cc(/C=N\n2c(C(C)C)n[nH]c2=S)cc1OC. The van der Waals surface area contributed by atoms with Gasteiger partial charge in [-0.05, 0) is 30.8 Å². The van der Waals surface area contributed by atoms with Gasteiger partial charge in [-0.25, -0.2) is 0 Å². The Morgan fingerprint density at radius 1 is 1.28 bits per heavy atom. The summed E-state index contributed by atoms with van der Waals surface area (Å²) in [5.41, 5.74) is 0.801. The minimum Gasteiger partial charge on any atom is -0.493 e. The van der Waals surface area contributed by atoms with Crippen LogP contribution in [0.4, 0.5) is 0 Å². The van der Waals surface area contributed by atoms with Crippen molar-refractivity contribution < 1.29 is 14.2 Å². The van der Waals surface area contributed by atoms with Gasteiger partial charge in [-0.2, -0.15) is 14.9 Å². The summed E-state index contributed by atoms with van der Waals surface area (Å²) >= 11 is 5.24. The summed E-state index contributed by atoms with van der Waals surface area (Å²) in [6.07, 6.45) is 2.58. The van der Waals surface area contributed by atoms with Crippen molar-refractivity contribution in [2.45, 2.75) is 33.1 Å². The predicted molar refractivity (Wildman–Crippen MR) is 99.8 cm³/mol. The van der Waals surface area contributed by atoms with E-state index in [-0.39, 0.29) is 5.92 Å². The molecule has 8 heteroatoms. The zero-order valence-electron chi connectivity index (χ0n) is 15.2. The van der Waals surface area contributed by atoms with Gasteiger partial charge in [-0.15, -0.1) is 0 Å². The summed E-state index contributed by atoms with van der Waals surface area (Å²) < 4.78 is 18.7.